The highest BCUT2D eigenvalue weighted by atomic mass is 35.5. The van der Waals surface area contributed by atoms with Gasteiger partial charge in [0.2, 0.25) is 0 Å². The van der Waals surface area contributed by atoms with Crippen molar-refractivity contribution < 1.29 is 9.53 Å². The van der Waals surface area contributed by atoms with E-state index in [2.05, 4.69) is 5.32 Å². The molecule has 2 atom stereocenters. The second-order valence-electron chi connectivity index (χ2n) is 5.30. The molecular formula is C15H17ClN2O2S. The Kier molecular flexibility index (Phi) is 4.06. The van der Waals surface area contributed by atoms with Crippen molar-refractivity contribution in [1.82, 2.24) is 5.32 Å². The topological polar surface area (TPSA) is 64.4 Å². The lowest BCUT2D eigenvalue weighted by Crippen LogP contribution is -2.40. The van der Waals surface area contributed by atoms with Gasteiger partial charge in [-0.3, -0.25) is 4.79 Å². The van der Waals surface area contributed by atoms with Crippen LogP contribution in [0.1, 0.15) is 29.4 Å². The predicted molar refractivity (Wildman–Crippen MR) is 87.1 cm³/mol. The Labute approximate surface area is 132 Å². The lowest BCUT2D eigenvalue weighted by Gasteiger charge is -2.19. The number of halogens is 1. The van der Waals surface area contributed by atoms with Crippen LogP contribution in [-0.4, -0.2) is 24.7 Å². The van der Waals surface area contributed by atoms with Crippen molar-refractivity contribution in [2.24, 2.45) is 0 Å². The number of benzene rings is 1. The molecule has 1 aromatic heterocycles. The zero-order chi connectivity index (χ0) is 15.0. The SMILES string of the molecule is CC(NC(=O)c1sc2cc(Cl)ccc2c1N)C1CCCO1. The first kappa shape index (κ1) is 14.6. The summed E-state index contributed by atoms with van der Waals surface area (Å²) in [7, 11) is 0. The molecule has 21 heavy (non-hydrogen) atoms. The van der Waals surface area contributed by atoms with Gasteiger partial charge in [0.1, 0.15) is 4.88 Å². The van der Waals surface area contributed by atoms with Crippen LogP contribution in [0.25, 0.3) is 10.1 Å². The Hall–Kier alpha value is -1.30. The zero-order valence-corrected chi connectivity index (χ0v) is 13.3. The van der Waals surface area contributed by atoms with E-state index in [4.69, 9.17) is 22.1 Å². The number of nitrogen functional groups attached to an aromatic ring is 1. The summed E-state index contributed by atoms with van der Waals surface area (Å²) in [5, 5.41) is 4.50. The third-order valence-electron chi connectivity index (χ3n) is 3.78. The van der Waals surface area contributed by atoms with Crippen molar-refractivity contribution >= 4 is 44.6 Å². The molecule has 2 unspecified atom stereocenters. The minimum atomic E-state index is -0.146. The number of nitrogens with one attached hydrogen (secondary N) is 1. The molecule has 0 bridgehead atoms. The molecule has 112 valence electrons. The van der Waals surface area contributed by atoms with Crippen LogP contribution < -0.4 is 11.1 Å². The molecule has 4 nitrogen and oxygen atoms in total. The summed E-state index contributed by atoms with van der Waals surface area (Å²) in [6.45, 7) is 2.74. The number of ether oxygens (including phenoxy) is 1. The Bertz CT molecular complexity index is 680. The first-order chi connectivity index (χ1) is 10.1. The molecule has 1 aromatic carbocycles. The summed E-state index contributed by atoms with van der Waals surface area (Å²) < 4.78 is 6.52. The van der Waals surface area contributed by atoms with Crippen molar-refractivity contribution in [2.75, 3.05) is 12.3 Å². The van der Waals surface area contributed by atoms with Gasteiger partial charge in [-0.05, 0) is 38.0 Å². The molecule has 0 aliphatic carbocycles. The molecule has 0 radical (unpaired) electrons. The number of carbonyl (C=O) groups excluding carboxylic acids is 1. The lowest BCUT2D eigenvalue weighted by atomic mass is 10.1. The van der Waals surface area contributed by atoms with Gasteiger partial charge in [-0.15, -0.1) is 11.3 Å². The van der Waals surface area contributed by atoms with E-state index in [1.807, 2.05) is 19.1 Å². The number of nitrogens with two attached hydrogens (primary N) is 1. The van der Waals surface area contributed by atoms with Gasteiger partial charge < -0.3 is 15.8 Å². The van der Waals surface area contributed by atoms with Crippen LogP contribution >= 0.6 is 22.9 Å². The van der Waals surface area contributed by atoms with E-state index in [1.54, 1.807) is 6.07 Å². The summed E-state index contributed by atoms with van der Waals surface area (Å²) in [5.41, 5.74) is 6.61. The van der Waals surface area contributed by atoms with Gasteiger partial charge in [0.05, 0.1) is 17.8 Å². The molecule has 1 amide bonds. The maximum absolute atomic E-state index is 12.4. The van der Waals surface area contributed by atoms with Crippen LogP contribution in [0, 0.1) is 0 Å². The van der Waals surface area contributed by atoms with Crippen molar-refractivity contribution in [2.45, 2.75) is 31.9 Å². The molecule has 2 aromatic rings. The van der Waals surface area contributed by atoms with E-state index in [1.165, 1.54) is 11.3 Å². The molecule has 1 aliphatic rings. The number of carbonyl (C=O) groups is 1. The van der Waals surface area contributed by atoms with Gasteiger partial charge in [-0.2, -0.15) is 0 Å². The van der Waals surface area contributed by atoms with E-state index in [0.29, 0.717) is 15.6 Å². The summed E-state index contributed by atoms with van der Waals surface area (Å²) in [5.74, 6) is -0.146. The van der Waals surface area contributed by atoms with Gasteiger partial charge >= 0.3 is 0 Å². The molecule has 0 spiro atoms. The Morgan fingerprint density at radius 1 is 1.57 bits per heavy atom. The summed E-state index contributed by atoms with van der Waals surface area (Å²) in [6.07, 6.45) is 2.13. The highest BCUT2D eigenvalue weighted by molar-refractivity contribution is 7.21. The second kappa shape index (κ2) is 5.83. The largest absolute Gasteiger partial charge is 0.397 e. The number of amides is 1. The van der Waals surface area contributed by atoms with E-state index in [-0.39, 0.29) is 18.1 Å². The molecular weight excluding hydrogens is 308 g/mol. The van der Waals surface area contributed by atoms with Crippen molar-refractivity contribution in [3.05, 3.63) is 28.1 Å². The normalized spacial score (nSPS) is 19.8. The third kappa shape index (κ3) is 2.86. The molecule has 1 aliphatic heterocycles. The number of thiophene rings is 1. The predicted octanol–water partition coefficient (Wildman–Crippen LogP) is 3.43. The fourth-order valence-corrected chi connectivity index (χ4v) is 3.92. The Morgan fingerprint density at radius 3 is 3.10 bits per heavy atom. The number of anilines is 1. The zero-order valence-electron chi connectivity index (χ0n) is 11.7. The fraction of sp³-hybridized carbons (Fsp3) is 0.400. The van der Waals surface area contributed by atoms with Crippen LogP contribution in [0.5, 0.6) is 0 Å². The van der Waals surface area contributed by atoms with Gasteiger partial charge in [0.25, 0.3) is 5.91 Å². The maximum atomic E-state index is 12.4. The highest BCUT2D eigenvalue weighted by Gasteiger charge is 2.25. The summed E-state index contributed by atoms with van der Waals surface area (Å²) in [6, 6.07) is 5.44. The van der Waals surface area contributed by atoms with Crippen LogP contribution in [0.15, 0.2) is 18.2 Å². The maximum Gasteiger partial charge on any atom is 0.263 e. The van der Waals surface area contributed by atoms with E-state index in [0.717, 1.165) is 29.5 Å². The van der Waals surface area contributed by atoms with E-state index in [9.17, 15) is 4.79 Å². The van der Waals surface area contributed by atoms with Crippen LogP contribution in [0.4, 0.5) is 5.69 Å². The molecule has 6 heteroatoms. The quantitative estimate of drug-likeness (QED) is 0.909. The van der Waals surface area contributed by atoms with Crippen LogP contribution in [0.3, 0.4) is 0 Å². The van der Waals surface area contributed by atoms with Gasteiger partial charge in [0.15, 0.2) is 0 Å². The minimum Gasteiger partial charge on any atom is -0.397 e. The Morgan fingerprint density at radius 2 is 2.38 bits per heavy atom. The first-order valence-corrected chi connectivity index (χ1v) is 8.15. The van der Waals surface area contributed by atoms with Gasteiger partial charge in [0, 0.05) is 21.7 Å². The molecule has 3 rings (SSSR count). The summed E-state index contributed by atoms with van der Waals surface area (Å²) >= 11 is 7.35. The fourth-order valence-electron chi connectivity index (χ4n) is 2.62. The minimum absolute atomic E-state index is 0.0202. The van der Waals surface area contributed by atoms with Crippen molar-refractivity contribution in [1.29, 1.82) is 0 Å². The molecule has 2 heterocycles. The lowest BCUT2D eigenvalue weighted by molar-refractivity contribution is 0.0715. The molecule has 3 N–H and O–H groups in total. The van der Waals surface area contributed by atoms with Crippen molar-refractivity contribution in [3.8, 4) is 0 Å². The molecule has 1 saturated heterocycles. The monoisotopic (exact) mass is 324 g/mol. The third-order valence-corrected chi connectivity index (χ3v) is 5.18. The standard InChI is InChI=1S/C15H17ClN2O2S/c1-8(11-3-2-6-20-11)18-15(19)14-13(17)10-5-4-9(16)7-12(10)21-14/h4-5,7-8,11H,2-3,6,17H2,1H3,(H,18,19). The molecule has 1 fully saturated rings. The average molecular weight is 325 g/mol. The second-order valence-corrected chi connectivity index (χ2v) is 6.79. The number of rotatable bonds is 3. The van der Waals surface area contributed by atoms with Gasteiger partial charge in [-0.1, -0.05) is 11.6 Å². The van der Waals surface area contributed by atoms with Crippen LogP contribution in [0.2, 0.25) is 5.02 Å². The summed E-state index contributed by atoms with van der Waals surface area (Å²) in [4.78, 5) is 13.0. The van der Waals surface area contributed by atoms with Crippen molar-refractivity contribution in [3.63, 3.8) is 0 Å². The van der Waals surface area contributed by atoms with E-state index < -0.39 is 0 Å². The van der Waals surface area contributed by atoms with Gasteiger partial charge in [-0.25, -0.2) is 0 Å². The van der Waals surface area contributed by atoms with E-state index >= 15 is 0 Å². The number of fused-ring (bicyclic) bond motifs is 1. The highest BCUT2D eigenvalue weighted by Crippen LogP contribution is 2.35. The smallest absolute Gasteiger partial charge is 0.263 e. The number of hydrogen-bond acceptors (Lipinski definition) is 4. The first-order valence-electron chi connectivity index (χ1n) is 6.96. The van der Waals surface area contributed by atoms with Crippen LogP contribution in [-0.2, 0) is 4.74 Å². The Balaban J connectivity index is 1.82. The molecule has 0 saturated carbocycles. The average Bonchev–Trinajstić information content (AvgIpc) is 3.07. The number of hydrogen-bond donors (Lipinski definition) is 2.